The maximum absolute atomic E-state index is 11.8. The van der Waals surface area contributed by atoms with Gasteiger partial charge < -0.3 is 5.11 Å². The summed E-state index contributed by atoms with van der Waals surface area (Å²) in [5, 5.41) is 9.89. The molecular weight excluding hydrogens is 260 g/mol. The van der Waals surface area contributed by atoms with Crippen molar-refractivity contribution < 1.29 is 9.90 Å². The minimum atomic E-state index is -0.958. The molecule has 0 bridgehead atoms. The molecule has 0 spiro atoms. The maximum atomic E-state index is 11.8. The highest BCUT2D eigenvalue weighted by Crippen LogP contribution is 2.06. The second kappa shape index (κ2) is 8.18. The van der Waals surface area contributed by atoms with E-state index < -0.39 is 6.10 Å². The third-order valence-corrected chi connectivity index (χ3v) is 3.32. The van der Waals surface area contributed by atoms with Gasteiger partial charge in [0.1, 0.15) is 6.10 Å². The highest BCUT2D eigenvalue weighted by atomic mass is 16.3. The van der Waals surface area contributed by atoms with Crippen LogP contribution in [0.25, 0.3) is 0 Å². The summed E-state index contributed by atoms with van der Waals surface area (Å²) < 4.78 is 0. The van der Waals surface area contributed by atoms with Crippen molar-refractivity contribution in [2.45, 2.75) is 25.4 Å². The first-order chi connectivity index (χ1) is 10.3. The van der Waals surface area contributed by atoms with Gasteiger partial charge in [0.2, 0.25) is 0 Å². The molecule has 2 aromatic carbocycles. The Morgan fingerprint density at radius 3 is 2.14 bits per heavy atom. The Kier molecular flexibility index (Phi) is 5.92. The number of aryl methyl sites for hydroxylation is 1. The lowest BCUT2D eigenvalue weighted by molar-refractivity contribution is -0.122. The van der Waals surface area contributed by atoms with E-state index in [1.54, 1.807) is 0 Å². The Bertz CT molecular complexity index is 573. The van der Waals surface area contributed by atoms with Crippen molar-refractivity contribution in [2.75, 3.05) is 0 Å². The summed E-state index contributed by atoms with van der Waals surface area (Å²) in [4.78, 5) is 11.8. The van der Waals surface area contributed by atoms with Crippen LogP contribution in [0.5, 0.6) is 0 Å². The molecule has 0 aliphatic carbocycles. The Hall–Kier alpha value is -2.19. The monoisotopic (exact) mass is 280 g/mol. The van der Waals surface area contributed by atoms with E-state index in [0.717, 1.165) is 18.4 Å². The zero-order valence-electron chi connectivity index (χ0n) is 12.0. The van der Waals surface area contributed by atoms with Crippen molar-refractivity contribution >= 4 is 5.78 Å². The fraction of sp³-hybridized carbons (Fsp3) is 0.211. The summed E-state index contributed by atoms with van der Waals surface area (Å²) >= 11 is 0. The third-order valence-electron chi connectivity index (χ3n) is 3.32. The highest BCUT2D eigenvalue weighted by Gasteiger charge is 2.12. The van der Waals surface area contributed by atoms with Gasteiger partial charge in [0.25, 0.3) is 0 Å². The average Bonchev–Trinajstić information content (AvgIpc) is 2.53. The fourth-order valence-corrected chi connectivity index (χ4v) is 2.14. The summed E-state index contributed by atoms with van der Waals surface area (Å²) in [6.07, 6.45) is 4.44. The Morgan fingerprint density at radius 2 is 1.52 bits per heavy atom. The molecule has 0 aromatic heterocycles. The smallest absolute Gasteiger partial charge is 0.184 e. The van der Waals surface area contributed by atoms with E-state index in [1.165, 1.54) is 11.6 Å². The lowest BCUT2D eigenvalue weighted by Gasteiger charge is -2.06. The van der Waals surface area contributed by atoms with Gasteiger partial charge in [0.05, 0.1) is 0 Å². The summed E-state index contributed by atoms with van der Waals surface area (Å²) in [7, 11) is 0. The van der Waals surface area contributed by atoms with Crippen LogP contribution in [0, 0.1) is 0 Å². The number of aliphatic hydroxyl groups is 1. The Labute approximate surface area is 125 Å². The lowest BCUT2D eigenvalue weighted by Crippen LogP contribution is -2.20. The quantitative estimate of drug-likeness (QED) is 0.790. The molecule has 0 aliphatic rings. The van der Waals surface area contributed by atoms with Crippen molar-refractivity contribution in [3.05, 3.63) is 83.9 Å². The van der Waals surface area contributed by atoms with Crippen LogP contribution in [-0.2, 0) is 17.6 Å². The van der Waals surface area contributed by atoms with E-state index >= 15 is 0 Å². The second-order valence-corrected chi connectivity index (χ2v) is 5.03. The van der Waals surface area contributed by atoms with Gasteiger partial charge in [0.15, 0.2) is 5.78 Å². The van der Waals surface area contributed by atoms with Gasteiger partial charge in [-0.05, 0) is 30.0 Å². The largest absolute Gasteiger partial charge is 0.385 e. The molecule has 2 heteroatoms. The number of carbonyl (C=O) groups is 1. The number of aliphatic hydroxyl groups excluding tert-OH is 1. The molecule has 2 aromatic rings. The van der Waals surface area contributed by atoms with Crippen LogP contribution in [-0.4, -0.2) is 17.0 Å². The molecule has 1 N–H and O–H groups in total. The zero-order valence-corrected chi connectivity index (χ0v) is 12.0. The van der Waals surface area contributed by atoms with E-state index in [-0.39, 0.29) is 5.78 Å². The Morgan fingerprint density at radius 1 is 0.952 bits per heavy atom. The summed E-state index contributed by atoms with van der Waals surface area (Å²) in [6, 6.07) is 19.7. The van der Waals surface area contributed by atoms with Crippen LogP contribution in [0.2, 0.25) is 0 Å². The van der Waals surface area contributed by atoms with Crippen LogP contribution < -0.4 is 0 Å². The molecule has 2 nitrogen and oxygen atoms in total. The van der Waals surface area contributed by atoms with Crippen LogP contribution in [0.15, 0.2) is 72.8 Å². The van der Waals surface area contributed by atoms with E-state index in [0.29, 0.717) is 6.42 Å². The number of benzene rings is 2. The normalized spacial score (nSPS) is 12.4. The molecule has 0 saturated heterocycles. The zero-order chi connectivity index (χ0) is 14.9. The Balaban J connectivity index is 1.76. The second-order valence-electron chi connectivity index (χ2n) is 5.03. The molecule has 21 heavy (non-hydrogen) atoms. The topological polar surface area (TPSA) is 37.3 Å². The fourth-order valence-electron chi connectivity index (χ4n) is 2.14. The van der Waals surface area contributed by atoms with Crippen molar-refractivity contribution in [3.63, 3.8) is 0 Å². The molecule has 2 rings (SSSR count). The standard InChI is InChI=1S/C19H20O2/c20-18(19(21)15-17-12-5-2-6-13-17)14-8-7-11-16-9-3-1-4-10-16/h1-6,8-10,12-14,19,21H,7,11,15H2. The van der Waals surface area contributed by atoms with Gasteiger partial charge in [-0.2, -0.15) is 0 Å². The van der Waals surface area contributed by atoms with Gasteiger partial charge in [-0.15, -0.1) is 0 Å². The SMILES string of the molecule is O=C(C=CCCc1ccccc1)C(O)Cc1ccccc1. The predicted molar refractivity (Wildman–Crippen MR) is 85.1 cm³/mol. The molecule has 1 unspecified atom stereocenters. The molecule has 0 radical (unpaired) electrons. The van der Waals surface area contributed by atoms with Crippen molar-refractivity contribution in [3.8, 4) is 0 Å². The molecule has 0 saturated carbocycles. The molecule has 0 aliphatic heterocycles. The highest BCUT2D eigenvalue weighted by molar-refractivity contribution is 5.93. The number of carbonyl (C=O) groups excluding carboxylic acids is 1. The van der Waals surface area contributed by atoms with Crippen LogP contribution >= 0.6 is 0 Å². The van der Waals surface area contributed by atoms with Crippen molar-refractivity contribution in [2.24, 2.45) is 0 Å². The average molecular weight is 280 g/mol. The van der Waals surface area contributed by atoms with Gasteiger partial charge in [-0.25, -0.2) is 0 Å². The predicted octanol–water partition coefficient (Wildman–Crippen LogP) is 3.35. The number of ketones is 1. The minimum Gasteiger partial charge on any atom is -0.385 e. The molecule has 1 atom stereocenters. The van der Waals surface area contributed by atoms with Gasteiger partial charge in [-0.3, -0.25) is 4.79 Å². The van der Waals surface area contributed by atoms with Gasteiger partial charge in [0, 0.05) is 6.42 Å². The van der Waals surface area contributed by atoms with Crippen LogP contribution in [0.1, 0.15) is 17.5 Å². The maximum Gasteiger partial charge on any atom is 0.184 e. The van der Waals surface area contributed by atoms with E-state index in [9.17, 15) is 9.90 Å². The summed E-state index contributed by atoms with van der Waals surface area (Å²) in [5.41, 5.74) is 2.22. The van der Waals surface area contributed by atoms with Crippen molar-refractivity contribution in [1.29, 1.82) is 0 Å². The molecule has 108 valence electrons. The van der Waals surface area contributed by atoms with Gasteiger partial charge >= 0.3 is 0 Å². The summed E-state index contributed by atoms with van der Waals surface area (Å²) in [5.74, 6) is -0.230. The minimum absolute atomic E-state index is 0.230. The molecule has 0 heterocycles. The van der Waals surface area contributed by atoms with Crippen LogP contribution in [0.3, 0.4) is 0 Å². The molecule has 0 amide bonds. The number of hydrogen-bond acceptors (Lipinski definition) is 2. The number of rotatable bonds is 7. The van der Waals surface area contributed by atoms with Crippen LogP contribution in [0.4, 0.5) is 0 Å². The first-order valence-electron chi connectivity index (χ1n) is 7.22. The number of allylic oxidation sites excluding steroid dienone is 1. The first-order valence-corrected chi connectivity index (χ1v) is 7.22. The number of hydrogen-bond donors (Lipinski definition) is 1. The first kappa shape index (κ1) is 15.2. The summed E-state index contributed by atoms with van der Waals surface area (Å²) in [6.45, 7) is 0. The molecular formula is C19H20O2. The third kappa shape index (κ3) is 5.36. The lowest BCUT2D eigenvalue weighted by atomic mass is 10.0. The molecule has 0 fully saturated rings. The van der Waals surface area contributed by atoms with Crippen molar-refractivity contribution in [1.82, 2.24) is 0 Å². The van der Waals surface area contributed by atoms with E-state index in [1.807, 2.05) is 54.6 Å². The van der Waals surface area contributed by atoms with E-state index in [4.69, 9.17) is 0 Å². The van der Waals surface area contributed by atoms with Gasteiger partial charge in [-0.1, -0.05) is 66.7 Å². The van der Waals surface area contributed by atoms with E-state index in [2.05, 4.69) is 12.1 Å².